The van der Waals surface area contributed by atoms with E-state index >= 15 is 0 Å². The third-order valence-corrected chi connectivity index (χ3v) is 6.51. The summed E-state index contributed by atoms with van der Waals surface area (Å²) in [4.78, 5) is 25.0. The molecular formula is C26H32N2O2. The Labute approximate surface area is 179 Å². The molecule has 0 radical (unpaired) electrons. The number of amides is 2. The van der Waals surface area contributed by atoms with Crippen LogP contribution in [0.15, 0.2) is 48.5 Å². The maximum atomic E-state index is 12.5. The summed E-state index contributed by atoms with van der Waals surface area (Å²) < 4.78 is 0. The van der Waals surface area contributed by atoms with Gasteiger partial charge in [-0.15, -0.1) is 0 Å². The fraction of sp³-hybridized carbons (Fsp3) is 0.462. The maximum absolute atomic E-state index is 12.5. The van der Waals surface area contributed by atoms with Crippen molar-refractivity contribution in [2.24, 2.45) is 0 Å². The molecule has 2 aliphatic carbocycles. The van der Waals surface area contributed by atoms with Crippen molar-refractivity contribution in [1.29, 1.82) is 0 Å². The van der Waals surface area contributed by atoms with Gasteiger partial charge in [0, 0.05) is 23.2 Å². The van der Waals surface area contributed by atoms with Gasteiger partial charge in [0.2, 0.25) is 0 Å². The van der Waals surface area contributed by atoms with Crippen LogP contribution in [0, 0.1) is 0 Å². The fourth-order valence-corrected chi connectivity index (χ4v) is 4.66. The molecule has 4 nitrogen and oxygen atoms in total. The molecule has 4 rings (SSSR count). The van der Waals surface area contributed by atoms with Crippen LogP contribution in [0.3, 0.4) is 0 Å². The van der Waals surface area contributed by atoms with Crippen molar-refractivity contribution in [3.8, 4) is 11.1 Å². The standard InChI is InChI=1S/C26H32N2O2/c29-25(27-23-7-3-1-4-8-23)21-15-11-19(12-16-21)20-13-17-22(18-14-20)26(30)28-24-9-5-2-6-10-24/h11-18,23-24H,1-10H2,(H,27,29)(H,28,30). The van der Waals surface area contributed by atoms with Crippen LogP contribution in [-0.2, 0) is 0 Å². The molecule has 2 aromatic carbocycles. The van der Waals surface area contributed by atoms with Crippen LogP contribution in [-0.4, -0.2) is 23.9 Å². The minimum absolute atomic E-state index is 0.0168. The number of hydrogen-bond acceptors (Lipinski definition) is 2. The van der Waals surface area contributed by atoms with E-state index in [1.165, 1.54) is 38.5 Å². The summed E-state index contributed by atoms with van der Waals surface area (Å²) in [7, 11) is 0. The van der Waals surface area contributed by atoms with E-state index in [2.05, 4.69) is 10.6 Å². The monoisotopic (exact) mass is 404 g/mol. The van der Waals surface area contributed by atoms with E-state index in [9.17, 15) is 9.59 Å². The lowest BCUT2D eigenvalue weighted by Crippen LogP contribution is -2.36. The lowest BCUT2D eigenvalue weighted by atomic mass is 9.95. The Hall–Kier alpha value is -2.62. The van der Waals surface area contributed by atoms with E-state index in [-0.39, 0.29) is 11.8 Å². The summed E-state index contributed by atoms with van der Waals surface area (Å²) in [6.07, 6.45) is 11.7. The zero-order chi connectivity index (χ0) is 20.8. The minimum atomic E-state index is 0.0168. The molecule has 2 amide bonds. The first-order valence-corrected chi connectivity index (χ1v) is 11.5. The van der Waals surface area contributed by atoms with Crippen molar-refractivity contribution in [2.45, 2.75) is 76.3 Å². The molecule has 4 heteroatoms. The fourth-order valence-electron chi connectivity index (χ4n) is 4.66. The second-order valence-electron chi connectivity index (χ2n) is 8.77. The van der Waals surface area contributed by atoms with Gasteiger partial charge in [0.15, 0.2) is 0 Å². The molecule has 158 valence electrons. The Kier molecular flexibility index (Phi) is 6.83. The van der Waals surface area contributed by atoms with Crippen LogP contribution in [0.1, 0.15) is 84.9 Å². The Morgan fingerprint density at radius 3 is 1.20 bits per heavy atom. The maximum Gasteiger partial charge on any atom is 0.251 e. The highest BCUT2D eigenvalue weighted by molar-refractivity contribution is 5.96. The molecular weight excluding hydrogens is 372 g/mol. The highest BCUT2D eigenvalue weighted by Crippen LogP contribution is 2.22. The summed E-state index contributed by atoms with van der Waals surface area (Å²) in [6.45, 7) is 0. The predicted octanol–water partition coefficient (Wildman–Crippen LogP) is 5.48. The van der Waals surface area contributed by atoms with Crippen LogP contribution in [0.5, 0.6) is 0 Å². The lowest BCUT2D eigenvalue weighted by Gasteiger charge is -2.22. The number of carbonyl (C=O) groups excluding carboxylic acids is 2. The summed E-state index contributed by atoms with van der Waals surface area (Å²) in [5.74, 6) is 0.0337. The smallest absolute Gasteiger partial charge is 0.251 e. The number of benzene rings is 2. The zero-order valence-corrected chi connectivity index (χ0v) is 17.7. The van der Waals surface area contributed by atoms with Crippen LogP contribution >= 0.6 is 0 Å². The van der Waals surface area contributed by atoms with E-state index in [1.54, 1.807) is 0 Å². The van der Waals surface area contributed by atoms with E-state index < -0.39 is 0 Å². The normalized spacial score (nSPS) is 18.0. The number of rotatable bonds is 5. The average molecular weight is 405 g/mol. The molecule has 2 fully saturated rings. The minimum Gasteiger partial charge on any atom is -0.349 e. The van der Waals surface area contributed by atoms with Crippen LogP contribution in [0.25, 0.3) is 11.1 Å². The quantitative estimate of drug-likeness (QED) is 0.693. The summed E-state index contributed by atoms with van der Waals surface area (Å²) in [6, 6.07) is 16.1. The average Bonchev–Trinajstić information content (AvgIpc) is 2.80. The predicted molar refractivity (Wildman–Crippen MR) is 121 cm³/mol. The van der Waals surface area contributed by atoms with E-state index in [4.69, 9.17) is 0 Å². The van der Waals surface area contributed by atoms with E-state index in [0.29, 0.717) is 23.2 Å². The number of nitrogens with one attached hydrogen (secondary N) is 2. The molecule has 0 atom stereocenters. The molecule has 0 heterocycles. The van der Waals surface area contributed by atoms with Gasteiger partial charge in [-0.2, -0.15) is 0 Å². The van der Waals surface area contributed by atoms with Gasteiger partial charge < -0.3 is 10.6 Å². The topological polar surface area (TPSA) is 58.2 Å². The van der Waals surface area contributed by atoms with Gasteiger partial charge in [-0.1, -0.05) is 62.8 Å². The first-order chi connectivity index (χ1) is 14.7. The summed E-state index contributed by atoms with van der Waals surface area (Å²) in [5.41, 5.74) is 3.49. The molecule has 30 heavy (non-hydrogen) atoms. The molecule has 2 aliphatic rings. The second-order valence-corrected chi connectivity index (χ2v) is 8.77. The van der Waals surface area contributed by atoms with Crippen LogP contribution in [0.2, 0.25) is 0 Å². The Morgan fingerprint density at radius 2 is 0.867 bits per heavy atom. The molecule has 2 saturated carbocycles. The van der Waals surface area contributed by atoms with Crippen molar-refractivity contribution >= 4 is 11.8 Å². The lowest BCUT2D eigenvalue weighted by molar-refractivity contribution is 0.0919. The summed E-state index contributed by atoms with van der Waals surface area (Å²) >= 11 is 0. The second kappa shape index (κ2) is 9.92. The SMILES string of the molecule is O=C(NC1CCCCC1)c1ccc(-c2ccc(C(=O)NC3CCCCC3)cc2)cc1. The molecule has 0 spiro atoms. The Morgan fingerprint density at radius 1 is 0.533 bits per heavy atom. The first-order valence-electron chi connectivity index (χ1n) is 11.5. The van der Waals surface area contributed by atoms with Crippen molar-refractivity contribution in [1.82, 2.24) is 10.6 Å². The van der Waals surface area contributed by atoms with Gasteiger partial charge >= 0.3 is 0 Å². The van der Waals surface area contributed by atoms with E-state index in [1.807, 2.05) is 48.5 Å². The highest BCUT2D eigenvalue weighted by Gasteiger charge is 2.18. The molecule has 2 N–H and O–H groups in total. The van der Waals surface area contributed by atoms with Crippen LogP contribution in [0.4, 0.5) is 0 Å². The third-order valence-electron chi connectivity index (χ3n) is 6.51. The summed E-state index contributed by atoms with van der Waals surface area (Å²) in [5, 5.41) is 6.33. The van der Waals surface area contributed by atoms with Gasteiger partial charge in [0.25, 0.3) is 11.8 Å². The number of carbonyl (C=O) groups is 2. The molecule has 0 aliphatic heterocycles. The largest absolute Gasteiger partial charge is 0.349 e. The van der Waals surface area contributed by atoms with Gasteiger partial charge in [-0.05, 0) is 61.1 Å². The van der Waals surface area contributed by atoms with Crippen LogP contribution < -0.4 is 10.6 Å². The van der Waals surface area contributed by atoms with Crippen molar-refractivity contribution < 1.29 is 9.59 Å². The van der Waals surface area contributed by atoms with Gasteiger partial charge in [-0.25, -0.2) is 0 Å². The third kappa shape index (κ3) is 5.29. The number of hydrogen-bond donors (Lipinski definition) is 2. The zero-order valence-electron chi connectivity index (χ0n) is 17.7. The Bertz CT molecular complexity index is 772. The van der Waals surface area contributed by atoms with Gasteiger partial charge in [0.1, 0.15) is 0 Å². The van der Waals surface area contributed by atoms with Crippen molar-refractivity contribution in [3.63, 3.8) is 0 Å². The van der Waals surface area contributed by atoms with Gasteiger partial charge in [0.05, 0.1) is 0 Å². The molecule has 0 aromatic heterocycles. The van der Waals surface area contributed by atoms with Gasteiger partial charge in [-0.3, -0.25) is 9.59 Å². The van der Waals surface area contributed by atoms with Crippen molar-refractivity contribution in [2.75, 3.05) is 0 Å². The first kappa shape index (κ1) is 20.6. The molecule has 0 bridgehead atoms. The molecule has 0 unspecified atom stereocenters. The highest BCUT2D eigenvalue weighted by atomic mass is 16.2. The Balaban J connectivity index is 1.35. The van der Waals surface area contributed by atoms with Crippen molar-refractivity contribution in [3.05, 3.63) is 59.7 Å². The molecule has 2 aromatic rings. The van der Waals surface area contributed by atoms with E-state index in [0.717, 1.165) is 36.8 Å². The molecule has 0 saturated heterocycles.